The number of hydrogen-bond donors (Lipinski definition) is 4. The van der Waals surface area contributed by atoms with Gasteiger partial charge in [0.05, 0.1) is 23.0 Å². The first kappa shape index (κ1) is 33.9. The van der Waals surface area contributed by atoms with E-state index in [1.807, 2.05) is 0 Å². The van der Waals surface area contributed by atoms with Crippen LogP contribution in [0.15, 0.2) is 56.7 Å². The quantitative estimate of drug-likeness (QED) is 0.0389. The lowest BCUT2D eigenvalue weighted by Crippen LogP contribution is -2.17. The van der Waals surface area contributed by atoms with Gasteiger partial charge < -0.3 is 29.5 Å². The SMILES string of the molecule is N=c1ccc2c(-c3ccc(C(=O)CCCSSCCC(=O)O)cc3C(=O)O)c3ccc(N)c(S(=O)(=O)[O-])c3oc-2c1S(=O)(=O)[O-]. The molecule has 1 aliphatic carbocycles. The highest BCUT2D eigenvalue weighted by molar-refractivity contribution is 8.76. The van der Waals surface area contributed by atoms with Gasteiger partial charge >= 0.3 is 11.9 Å². The van der Waals surface area contributed by atoms with Crippen molar-refractivity contribution in [1.29, 1.82) is 5.41 Å². The van der Waals surface area contributed by atoms with Crippen molar-refractivity contribution in [3.05, 3.63) is 58.9 Å². The number of Topliss-reactive ketones (excluding diaryl/α,β-unsaturated/α-hetero) is 1. The number of nitrogen functional groups attached to an aromatic ring is 1. The van der Waals surface area contributed by atoms with E-state index in [0.717, 1.165) is 18.2 Å². The van der Waals surface area contributed by atoms with Crippen molar-refractivity contribution < 1.29 is 55.0 Å². The number of nitrogens with one attached hydrogen (secondary N) is 1. The minimum atomic E-state index is -5.43. The van der Waals surface area contributed by atoms with Crippen molar-refractivity contribution >= 4 is 76.2 Å². The molecule has 1 aliphatic heterocycles. The lowest BCUT2D eigenvalue weighted by Gasteiger charge is -2.22. The number of fused-ring (bicyclic) bond motifs is 2. The van der Waals surface area contributed by atoms with Gasteiger partial charge in [-0.05, 0) is 42.3 Å². The highest BCUT2D eigenvalue weighted by Gasteiger charge is 2.29. The summed E-state index contributed by atoms with van der Waals surface area (Å²) in [6.45, 7) is 0. The predicted molar refractivity (Wildman–Crippen MR) is 162 cm³/mol. The zero-order valence-corrected chi connectivity index (χ0v) is 26.0. The molecule has 0 aromatic heterocycles. The summed E-state index contributed by atoms with van der Waals surface area (Å²) in [6, 6.07) is 8.03. The van der Waals surface area contributed by atoms with Crippen LogP contribution in [-0.2, 0) is 25.0 Å². The minimum absolute atomic E-state index is 0.000672. The molecule has 18 heteroatoms. The number of benzene rings is 3. The van der Waals surface area contributed by atoms with Crippen molar-refractivity contribution in [2.24, 2.45) is 0 Å². The maximum atomic E-state index is 12.9. The summed E-state index contributed by atoms with van der Waals surface area (Å²) in [7, 11) is -8.07. The molecule has 0 unspecified atom stereocenters. The molecular weight excluding hydrogens is 673 g/mol. The Morgan fingerprint density at radius 1 is 0.867 bits per heavy atom. The normalized spacial score (nSPS) is 12.0. The number of nitrogens with two attached hydrogens (primary N) is 1. The van der Waals surface area contributed by atoms with Gasteiger partial charge in [0.15, 0.2) is 17.1 Å². The van der Waals surface area contributed by atoms with E-state index in [2.05, 4.69) is 0 Å². The van der Waals surface area contributed by atoms with Gasteiger partial charge in [0.25, 0.3) is 0 Å². The molecule has 0 fully saturated rings. The van der Waals surface area contributed by atoms with Crippen LogP contribution in [0, 0.1) is 5.41 Å². The average molecular weight is 695 g/mol. The minimum Gasteiger partial charge on any atom is -0.744 e. The Kier molecular flexibility index (Phi) is 9.95. The Morgan fingerprint density at radius 3 is 2.13 bits per heavy atom. The summed E-state index contributed by atoms with van der Waals surface area (Å²) in [5.74, 6) is -2.71. The molecule has 2 aromatic rings. The topological polar surface area (TPSA) is 269 Å². The molecule has 0 spiro atoms. The molecule has 0 saturated heterocycles. The number of anilines is 1. The van der Waals surface area contributed by atoms with Crippen LogP contribution in [0.5, 0.6) is 0 Å². The van der Waals surface area contributed by atoms with E-state index in [1.54, 1.807) is 0 Å². The maximum absolute atomic E-state index is 12.9. The molecule has 0 saturated carbocycles. The monoisotopic (exact) mass is 694 g/mol. The van der Waals surface area contributed by atoms with Crippen LogP contribution < -0.4 is 11.1 Å². The second kappa shape index (κ2) is 13.2. The van der Waals surface area contributed by atoms with Gasteiger partial charge in [-0.1, -0.05) is 33.7 Å². The molecular formula is C27H22N2O12S4-2. The first-order valence-corrected chi connectivity index (χ1v) is 18.0. The van der Waals surface area contributed by atoms with Gasteiger partial charge in [0, 0.05) is 40.0 Å². The van der Waals surface area contributed by atoms with Crippen LogP contribution in [0.4, 0.5) is 5.69 Å². The van der Waals surface area contributed by atoms with E-state index < -0.39 is 75.7 Å². The Bertz CT molecular complexity index is 2110. The molecule has 5 N–H and O–H groups in total. The Hall–Kier alpha value is -3.94. The lowest BCUT2D eigenvalue weighted by atomic mass is 9.89. The number of carbonyl (C=O) groups is 3. The van der Waals surface area contributed by atoms with Crippen molar-refractivity contribution in [2.45, 2.75) is 29.1 Å². The number of aliphatic carboxylic acids is 1. The molecule has 45 heavy (non-hydrogen) atoms. The van der Waals surface area contributed by atoms with Crippen LogP contribution in [0.3, 0.4) is 0 Å². The number of aromatic carboxylic acids is 1. The van der Waals surface area contributed by atoms with E-state index in [1.165, 1.54) is 45.9 Å². The number of carboxylic acids is 2. The van der Waals surface area contributed by atoms with Gasteiger partial charge in [-0.15, -0.1) is 0 Å². The van der Waals surface area contributed by atoms with Crippen molar-refractivity contribution in [2.75, 3.05) is 17.2 Å². The first-order chi connectivity index (χ1) is 21.0. The fourth-order valence-corrected chi connectivity index (χ4v) is 8.09. The summed E-state index contributed by atoms with van der Waals surface area (Å²) in [4.78, 5) is 33.7. The van der Waals surface area contributed by atoms with E-state index in [4.69, 9.17) is 20.7 Å². The molecule has 0 bridgehead atoms. The molecule has 2 aliphatic rings. The molecule has 2 aromatic carbocycles. The summed E-state index contributed by atoms with van der Waals surface area (Å²) < 4.78 is 78.7. The van der Waals surface area contributed by atoms with E-state index in [0.29, 0.717) is 17.9 Å². The summed E-state index contributed by atoms with van der Waals surface area (Å²) in [6.07, 6.45) is 0.460. The molecule has 0 atom stereocenters. The highest BCUT2D eigenvalue weighted by Crippen LogP contribution is 2.45. The van der Waals surface area contributed by atoms with Crippen LogP contribution in [0.2, 0.25) is 0 Å². The zero-order valence-electron chi connectivity index (χ0n) is 22.8. The predicted octanol–water partition coefficient (Wildman–Crippen LogP) is 3.59. The summed E-state index contributed by atoms with van der Waals surface area (Å²) >= 11 is 0. The van der Waals surface area contributed by atoms with Crippen LogP contribution >= 0.6 is 21.6 Å². The summed E-state index contributed by atoms with van der Waals surface area (Å²) in [5, 5.41) is 25.9. The third kappa shape index (κ3) is 7.32. The van der Waals surface area contributed by atoms with E-state index in [9.17, 15) is 45.4 Å². The fraction of sp³-hybridized carbons (Fsp3) is 0.185. The number of carbonyl (C=O) groups excluding carboxylic acids is 1. The Labute approximate surface area is 263 Å². The molecule has 14 nitrogen and oxygen atoms in total. The van der Waals surface area contributed by atoms with Crippen LogP contribution in [0.1, 0.15) is 40.0 Å². The highest BCUT2D eigenvalue weighted by atomic mass is 33.1. The van der Waals surface area contributed by atoms with Gasteiger partial charge in [0.1, 0.15) is 30.0 Å². The van der Waals surface area contributed by atoms with Gasteiger partial charge in [0.2, 0.25) is 0 Å². The molecule has 1 heterocycles. The average Bonchev–Trinajstić information content (AvgIpc) is 2.93. The molecule has 0 amide bonds. The fourth-order valence-electron chi connectivity index (χ4n) is 4.58. The van der Waals surface area contributed by atoms with Crippen molar-refractivity contribution in [1.82, 2.24) is 0 Å². The number of hydrogen-bond acceptors (Lipinski definition) is 14. The van der Waals surface area contributed by atoms with E-state index in [-0.39, 0.29) is 40.5 Å². The zero-order chi connectivity index (χ0) is 33.3. The standard InChI is InChI=1S/C27H24N2O12S4/c28-18-7-5-15-22(16-6-8-19(29)26(45(38,39)40)24(16)41-23(15)25(18)44(35,36)37)14-4-3-13(12-17(14)27(33)34)20(30)2-1-10-42-43-11-9-21(31)32/h3-8,12,28H,1-2,9-11,29H2,(H,31,32)(H,33,34)(H,35,36,37)(H,38,39,40)/p-2. The van der Waals surface area contributed by atoms with Gasteiger partial charge in [-0.25, -0.2) is 21.6 Å². The second-order valence-electron chi connectivity index (χ2n) is 9.44. The second-order valence-corrected chi connectivity index (χ2v) is 14.8. The lowest BCUT2D eigenvalue weighted by molar-refractivity contribution is -0.136. The van der Waals surface area contributed by atoms with Gasteiger partial charge in [-0.2, -0.15) is 0 Å². The number of ketones is 1. The molecule has 238 valence electrons. The Balaban J connectivity index is 1.90. The first-order valence-electron chi connectivity index (χ1n) is 12.7. The third-order valence-corrected chi connectivity index (χ3v) is 10.8. The Morgan fingerprint density at radius 2 is 1.51 bits per heavy atom. The van der Waals surface area contributed by atoms with Crippen LogP contribution in [0.25, 0.3) is 33.4 Å². The largest absolute Gasteiger partial charge is 0.744 e. The summed E-state index contributed by atoms with van der Waals surface area (Å²) in [5.41, 5.74) is 3.48. The van der Waals surface area contributed by atoms with Crippen molar-refractivity contribution in [3.8, 4) is 22.5 Å². The number of carboxylic acid groups (broad SMARTS) is 2. The third-order valence-electron chi connectivity index (χ3n) is 6.45. The van der Waals surface area contributed by atoms with E-state index >= 15 is 0 Å². The number of rotatable bonds is 13. The smallest absolute Gasteiger partial charge is 0.336 e. The maximum Gasteiger partial charge on any atom is 0.336 e. The van der Waals surface area contributed by atoms with Crippen LogP contribution in [-0.4, -0.2) is 65.4 Å². The molecule has 4 rings (SSSR count). The van der Waals surface area contributed by atoms with Crippen molar-refractivity contribution in [3.63, 3.8) is 0 Å². The molecule has 0 radical (unpaired) electrons. The van der Waals surface area contributed by atoms with Gasteiger partial charge in [-0.3, -0.25) is 15.0 Å².